The molecule has 0 unspecified atom stereocenters. The summed E-state index contributed by atoms with van der Waals surface area (Å²) in [4.78, 5) is 15.1. The van der Waals surface area contributed by atoms with Gasteiger partial charge in [-0.2, -0.15) is 0 Å². The average molecular weight is 326 g/mol. The summed E-state index contributed by atoms with van der Waals surface area (Å²) in [5.74, 6) is -1.13. The van der Waals surface area contributed by atoms with E-state index in [1.165, 1.54) is 6.07 Å². The Labute approximate surface area is 126 Å². The van der Waals surface area contributed by atoms with Crippen LogP contribution in [0.3, 0.4) is 0 Å². The van der Waals surface area contributed by atoms with E-state index >= 15 is 0 Å². The van der Waals surface area contributed by atoms with Crippen LogP contribution in [-0.2, 0) is 10.0 Å². The Bertz CT molecular complexity index is 754. The van der Waals surface area contributed by atoms with Crippen LogP contribution in [0.1, 0.15) is 33.9 Å². The lowest BCUT2D eigenvalue weighted by Crippen LogP contribution is -2.26. The minimum absolute atomic E-state index is 0.0137. The molecule has 2 aromatic rings. The second kappa shape index (κ2) is 5.92. The zero-order valence-electron chi connectivity index (χ0n) is 11.4. The smallest absolute Gasteiger partial charge is 0.346 e. The van der Waals surface area contributed by atoms with Crippen LogP contribution in [0.25, 0.3) is 0 Å². The van der Waals surface area contributed by atoms with Gasteiger partial charge in [-0.3, -0.25) is 4.98 Å². The van der Waals surface area contributed by atoms with Gasteiger partial charge in [0.1, 0.15) is 9.09 Å². The van der Waals surface area contributed by atoms with Gasteiger partial charge in [0, 0.05) is 6.20 Å². The molecule has 1 atom stereocenters. The largest absolute Gasteiger partial charge is 0.477 e. The van der Waals surface area contributed by atoms with Gasteiger partial charge in [0.05, 0.1) is 11.7 Å². The Morgan fingerprint density at radius 3 is 2.67 bits per heavy atom. The molecule has 0 fully saturated rings. The Kier molecular flexibility index (Phi) is 4.40. The first-order valence-electron chi connectivity index (χ1n) is 6.08. The first-order valence-corrected chi connectivity index (χ1v) is 8.38. The molecule has 2 aromatic heterocycles. The summed E-state index contributed by atoms with van der Waals surface area (Å²) in [7, 11) is -3.78. The molecule has 0 aliphatic heterocycles. The van der Waals surface area contributed by atoms with Crippen LogP contribution in [0.2, 0.25) is 0 Å². The van der Waals surface area contributed by atoms with Crippen molar-refractivity contribution in [3.05, 3.63) is 46.6 Å². The molecule has 0 saturated heterocycles. The molecule has 0 spiro atoms. The van der Waals surface area contributed by atoms with Crippen LogP contribution < -0.4 is 4.72 Å². The number of carboxylic acid groups (broad SMARTS) is 1. The summed E-state index contributed by atoms with van der Waals surface area (Å²) < 4.78 is 27.0. The van der Waals surface area contributed by atoms with Crippen molar-refractivity contribution in [2.75, 3.05) is 0 Å². The van der Waals surface area contributed by atoms with Crippen LogP contribution in [0, 0.1) is 6.92 Å². The van der Waals surface area contributed by atoms with E-state index in [2.05, 4.69) is 9.71 Å². The van der Waals surface area contributed by atoms with E-state index in [1.54, 1.807) is 38.2 Å². The van der Waals surface area contributed by atoms with Crippen molar-refractivity contribution in [3.63, 3.8) is 0 Å². The van der Waals surface area contributed by atoms with Crippen molar-refractivity contribution in [1.29, 1.82) is 0 Å². The van der Waals surface area contributed by atoms with Gasteiger partial charge in [-0.25, -0.2) is 17.9 Å². The summed E-state index contributed by atoms with van der Waals surface area (Å²) in [5.41, 5.74) is 1.02. The van der Waals surface area contributed by atoms with Crippen LogP contribution in [0.5, 0.6) is 0 Å². The van der Waals surface area contributed by atoms with Gasteiger partial charge in [-0.1, -0.05) is 6.07 Å². The third-order valence-electron chi connectivity index (χ3n) is 2.82. The van der Waals surface area contributed by atoms with E-state index in [1.807, 2.05) is 0 Å². The number of aryl methyl sites for hydroxylation is 1. The molecule has 0 saturated carbocycles. The maximum atomic E-state index is 12.3. The number of thiophene rings is 1. The molecule has 2 N–H and O–H groups in total. The van der Waals surface area contributed by atoms with Crippen molar-refractivity contribution in [3.8, 4) is 0 Å². The lowest BCUT2D eigenvalue weighted by molar-refractivity contribution is 0.0701. The molecule has 21 heavy (non-hydrogen) atoms. The summed E-state index contributed by atoms with van der Waals surface area (Å²) in [6.45, 7) is 3.25. The minimum Gasteiger partial charge on any atom is -0.477 e. The molecule has 0 bridgehead atoms. The summed E-state index contributed by atoms with van der Waals surface area (Å²) in [6.07, 6.45) is 1.58. The van der Waals surface area contributed by atoms with E-state index in [0.29, 0.717) is 11.3 Å². The number of nitrogens with one attached hydrogen (secondary N) is 1. The third-order valence-corrected chi connectivity index (χ3v) is 6.06. The summed E-state index contributed by atoms with van der Waals surface area (Å²) in [5, 5.41) is 8.99. The Hall–Kier alpha value is -1.77. The van der Waals surface area contributed by atoms with E-state index in [9.17, 15) is 13.2 Å². The van der Waals surface area contributed by atoms with Crippen molar-refractivity contribution >= 4 is 27.3 Å². The number of aromatic carboxylic acids is 1. The quantitative estimate of drug-likeness (QED) is 0.878. The van der Waals surface area contributed by atoms with Gasteiger partial charge in [0.25, 0.3) is 10.0 Å². The lowest BCUT2D eigenvalue weighted by Gasteiger charge is -2.12. The molecule has 112 valence electrons. The van der Waals surface area contributed by atoms with E-state index < -0.39 is 22.0 Å². The van der Waals surface area contributed by atoms with E-state index in [4.69, 9.17) is 5.11 Å². The topological polar surface area (TPSA) is 96.4 Å². The Balaban J connectivity index is 2.27. The highest BCUT2D eigenvalue weighted by Gasteiger charge is 2.24. The molecule has 0 radical (unpaired) electrons. The second-order valence-corrected chi connectivity index (χ2v) is 7.47. The monoisotopic (exact) mass is 326 g/mol. The molecular weight excluding hydrogens is 312 g/mol. The number of hydrogen-bond acceptors (Lipinski definition) is 5. The third kappa shape index (κ3) is 3.46. The average Bonchev–Trinajstić information content (AvgIpc) is 2.82. The predicted molar refractivity (Wildman–Crippen MR) is 79.0 cm³/mol. The van der Waals surface area contributed by atoms with Crippen molar-refractivity contribution in [2.45, 2.75) is 24.1 Å². The second-order valence-electron chi connectivity index (χ2n) is 4.48. The van der Waals surface area contributed by atoms with Gasteiger partial charge in [0.2, 0.25) is 0 Å². The van der Waals surface area contributed by atoms with Crippen LogP contribution in [-0.4, -0.2) is 24.5 Å². The molecular formula is C13H14N2O4S2. The summed E-state index contributed by atoms with van der Waals surface area (Å²) >= 11 is 0.741. The van der Waals surface area contributed by atoms with Crippen molar-refractivity contribution in [2.24, 2.45) is 0 Å². The highest BCUT2D eigenvalue weighted by Crippen LogP contribution is 2.27. The number of pyridine rings is 1. The lowest BCUT2D eigenvalue weighted by atomic mass is 10.2. The predicted octanol–water partition coefficient (Wildman–Crippen LogP) is 2.19. The number of hydrogen-bond donors (Lipinski definition) is 2. The van der Waals surface area contributed by atoms with E-state index in [-0.39, 0.29) is 9.09 Å². The standard InChI is InChI=1S/C13H14N2O4S2/c1-8-7-11(20-12(8)13(16)17)21(18,19)15-9(2)10-5-3-4-6-14-10/h3-7,9,15H,1-2H3,(H,16,17)/t9-/m0/s1. The highest BCUT2D eigenvalue weighted by molar-refractivity contribution is 7.91. The Morgan fingerprint density at radius 1 is 1.43 bits per heavy atom. The number of nitrogens with zero attached hydrogens (tertiary/aromatic N) is 1. The zero-order chi connectivity index (χ0) is 15.6. The maximum Gasteiger partial charge on any atom is 0.346 e. The molecule has 0 aliphatic carbocycles. The Morgan fingerprint density at radius 2 is 2.14 bits per heavy atom. The first-order chi connectivity index (χ1) is 9.81. The fraction of sp³-hybridized carbons (Fsp3) is 0.231. The first kappa shape index (κ1) is 15.6. The van der Waals surface area contributed by atoms with Crippen molar-refractivity contribution in [1.82, 2.24) is 9.71 Å². The van der Waals surface area contributed by atoms with Gasteiger partial charge in [-0.15, -0.1) is 11.3 Å². The number of carboxylic acids is 1. The molecule has 2 heterocycles. The number of rotatable bonds is 5. The van der Waals surface area contributed by atoms with Crippen molar-refractivity contribution < 1.29 is 18.3 Å². The molecule has 0 amide bonds. The van der Waals surface area contributed by atoms with Crippen LogP contribution in [0.4, 0.5) is 0 Å². The zero-order valence-corrected chi connectivity index (χ0v) is 13.0. The molecule has 2 rings (SSSR count). The summed E-state index contributed by atoms with van der Waals surface area (Å²) in [6, 6.07) is 6.08. The number of sulfonamides is 1. The maximum absolute atomic E-state index is 12.3. The van der Waals surface area contributed by atoms with Crippen LogP contribution in [0.15, 0.2) is 34.7 Å². The molecule has 6 nitrogen and oxygen atoms in total. The normalized spacial score (nSPS) is 13.0. The highest BCUT2D eigenvalue weighted by atomic mass is 32.2. The van der Waals surface area contributed by atoms with Gasteiger partial charge in [-0.05, 0) is 37.6 Å². The number of carbonyl (C=O) groups is 1. The number of aromatic nitrogens is 1. The minimum atomic E-state index is -3.78. The fourth-order valence-electron chi connectivity index (χ4n) is 1.78. The van der Waals surface area contributed by atoms with Gasteiger partial charge in [0.15, 0.2) is 0 Å². The van der Waals surface area contributed by atoms with E-state index in [0.717, 1.165) is 11.3 Å². The SMILES string of the molecule is Cc1cc(S(=O)(=O)N[C@@H](C)c2ccccn2)sc1C(=O)O. The van der Waals surface area contributed by atoms with Gasteiger partial charge >= 0.3 is 5.97 Å². The molecule has 8 heteroatoms. The molecule has 0 aromatic carbocycles. The van der Waals surface area contributed by atoms with Gasteiger partial charge < -0.3 is 5.11 Å². The molecule has 0 aliphatic rings. The fourth-order valence-corrected chi connectivity index (χ4v) is 4.39. The van der Waals surface area contributed by atoms with Crippen LogP contribution >= 0.6 is 11.3 Å².